The Labute approximate surface area is 178 Å². The number of aryl methyl sites for hydroxylation is 1. The largest absolute Gasteiger partial charge is 0.322 e. The maximum Gasteiger partial charge on any atom is 0.259 e. The predicted molar refractivity (Wildman–Crippen MR) is 112 cm³/mol. The number of Topliss-reactive ketones (excluding diaryl/α,β-unsaturated/α-hetero) is 1. The highest BCUT2D eigenvalue weighted by Gasteiger charge is 2.37. The van der Waals surface area contributed by atoms with Crippen molar-refractivity contribution in [3.8, 4) is 0 Å². The van der Waals surface area contributed by atoms with Crippen LogP contribution in [0.25, 0.3) is 0 Å². The molecule has 1 aromatic heterocycles. The van der Waals surface area contributed by atoms with Gasteiger partial charge in [0.15, 0.2) is 10.8 Å². The molecule has 0 bridgehead atoms. The number of hydrogen-bond acceptors (Lipinski definition) is 5. The number of sulfonamides is 1. The average Bonchev–Trinajstić information content (AvgIpc) is 3.08. The number of hydrogen-bond donors (Lipinski definition) is 2. The second kappa shape index (κ2) is 8.76. The van der Waals surface area contributed by atoms with Gasteiger partial charge >= 0.3 is 0 Å². The van der Waals surface area contributed by atoms with E-state index in [9.17, 15) is 18.0 Å². The first-order chi connectivity index (χ1) is 13.7. The van der Waals surface area contributed by atoms with E-state index in [4.69, 9.17) is 0 Å². The van der Waals surface area contributed by atoms with E-state index >= 15 is 0 Å². The second-order valence-corrected chi connectivity index (χ2v) is 9.77. The van der Waals surface area contributed by atoms with E-state index < -0.39 is 21.9 Å². The Morgan fingerprint density at radius 3 is 2.38 bits per heavy atom. The molecule has 1 saturated carbocycles. The highest BCUT2D eigenvalue weighted by atomic mass is 79.9. The number of aromatic nitrogens is 2. The van der Waals surface area contributed by atoms with Crippen molar-refractivity contribution >= 4 is 43.3 Å². The fourth-order valence-corrected chi connectivity index (χ4v) is 4.99. The quantitative estimate of drug-likeness (QED) is 0.614. The van der Waals surface area contributed by atoms with Gasteiger partial charge in [0.05, 0.1) is 11.9 Å². The number of benzene rings is 1. The fraction of sp³-hybridized carbons (Fsp3) is 0.421. The van der Waals surface area contributed by atoms with Crippen LogP contribution in [0.1, 0.15) is 36.0 Å². The van der Waals surface area contributed by atoms with Gasteiger partial charge in [-0.05, 0) is 32.0 Å². The van der Waals surface area contributed by atoms with E-state index in [1.807, 2.05) is 0 Å². The normalized spacial score (nSPS) is 19.7. The van der Waals surface area contributed by atoms with Crippen molar-refractivity contribution in [1.82, 2.24) is 14.5 Å². The van der Waals surface area contributed by atoms with Gasteiger partial charge in [-0.2, -0.15) is 5.10 Å². The van der Waals surface area contributed by atoms with Crippen LogP contribution in [0.3, 0.4) is 0 Å². The summed E-state index contributed by atoms with van der Waals surface area (Å²) in [5.41, 5.74) is 0.671. The van der Waals surface area contributed by atoms with Crippen LogP contribution in [0.4, 0.5) is 5.69 Å². The molecule has 1 aliphatic rings. The molecule has 0 radical (unpaired) electrons. The van der Waals surface area contributed by atoms with Crippen LogP contribution in [-0.4, -0.2) is 36.9 Å². The Morgan fingerprint density at radius 1 is 1.14 bits per heavy atom. The molecule has 2 atom stereocenters. The molecule has 0 unspecified atom stereocenters. The number of carbonyl (C=O) groups excluding carboxylic acids is 2. The molecule has 0 aliphatic heterocycles. The highest BCUT2D eigenvalue weighted by molar-refractivity contribution is 9.10. The van der Waals surface area contributed by atoms with Crippen molar-refractivity contribution in [3.63, 3.8) is 0 Å². The van der Waals surface area contributed by atoms with Crippen LogP contribution < -0.4 is 10.0 Å². The Morgan fingerprint density at radius 2 is 1.76 bits per heavy atom. The van der Waals surface area contributed by atoms with Gasteiger partial charge in [-0.1, -0.05) is 40.9 Å². The van der Waals surface area contributed by atoms with Gasteiger partial charge in [-0.15, -0.1) is 0 Å². The summed E-state index contributed by atoms with van der Waals surface area (Å²) < 4.78 is 28.8. The number of nitrogens with one attached hydrogen (secondary N) is 2. The molecule has 1 amide bonds. The van der Waals surface area contributed by atoms with Crippen LogP contribution in [0.15, 0.2) is 40.0 Å². The lowest BCUT2D eigenvalue weighted by Crippen LogP contribution is -2.36. The minimum atomic E-state index is -3.81. The Kier molecular flexibility index (Phi) is 6.55. The Bertz CT molecular complexity index is 1020. The van der Waals surface area contributed by atoms with Gasteiger partial charge in [0.2, 0.25) is 5.91 Å². The molecule has 156 valence electrons. The maximum absolute atomic E-state index is 13.0. The second-order valence-electron chi connectivity index (χ2n) is 7.05. The van der Waals surface area contributed by atoms with E-state index in [-0.39, 0.29) is 22.4 Å². The van der Waals surface area contributed by atoms with Crippen molar-refractivity contribution in [2.75, 3.05) is 12.4 Å². The molecule has 1 aliphatic carbocycles. The SMILES string of the molecule is CNS(=O)(=O)c1c(NC(=O)[C@@H]2CCCC[C@H]2C(=O)c2ccc(Br)cc2)cnn1C. The summed E-state index contributed by atoms with van der Waals surface area (Å²) in [5, 5.41) is 6.51. The van der Waals surface area contributed by atoms with Crippen molar-refractivity contribution in [3.05, 3.63) is 40.5 Å². The summed E-state index contributed by atoms with van der Waals surface area (Å²) in [4.78, 5) is 26.1. The van der Waals surface area contributed by atoms with Gasteiger partial charge < -0.3 is 5.32 Å². The minimum Gasteiger partial charge on any atom is -0.322 e. The summed E-state index contributed by atoms with van der Waals surface area (Å²) in [5.74, 6) is -1.39. The number of nitrogens with zero attached hydrogens (tertiary/aromatic N) is 2. The van der Waals surface area contributed by atoms with Gasteiger partial charge in [0, 0.05) is 28.9 Å². The van der Waals surface area contributed by atoms with E-state index in [0.717, 1.165) is 17.3 Å². The van der Waals surface area contributed by atoms with Crippen molar-refractivity contribution in [1.29, 1.82) is 0 Å². The summed E-state index contributed by atoms with van der Waals surface area (Å²) in [6.07, 6.45) is 4.23. The lowest BCUT2D eigenvalue weighted by atomic mass is 9.75. The van der Waals surface area contributed by atoms with Crippen molar-refractivity contribution in [2.45, 2.75) is 30.7 Å². The van der Waals surface area contributed by atoms with Crippen LogP contribution in [-0.2, 0) is 21.9 Å². The standard InChI is InChI=1S/C19H23BrN4O4S/c1-21-29(27,28)19-16(11-22-24(19)2)23-18(26)15-6-4-3-5-14(15)17(25)12-7-9-13(20)10-8-12/h7-11,14-15,21H,3-6H2,1-2H3,(H,23,26)/t14-,15-/m1/s1. The molecular formula is C19H23BrN4O4S. The van der Waals surface area contributed by atoms with Crippen LogP contribution in [0.2, 0.25) is 0 Å². The monoisotopic (exact) mass is 482 g/mol. The third-order valence-electron chi connectivity index (χ3n) is 5.23. The van der Waals surface area contributed by atoms with Gasteiger partial charge in [0.25, 0.3) is 10.0 Å². The van der Waals surface area contributed by atoms with E-state index in [0.29, 0.717) is 18.4 Å². The third-order valence-corrected chi connectivity index (χ3v) is 7.29. The molecule has 8 nitrogen and oxygen atoms in total. The minimum absolute atomic E-state index is 0.0633. The van der Waals surface area contributed by atoms with Gasteiger partial charge in [0.1, 0.15) is 0 Å². The van der Waals surface area contributed by atoms with Crippen LogP contribution in [0.5, 0.6) is 0 Å². The van der Waals surface area contributed by atoms with Crippen LogP contribution in [0, 0.1) is 11.8 Å². The van der Waals surface area contributed by atoms with E-state index in [1.54, 1.807) is 24.3 Å². The van der Waals surface area contributed by atoms with Gasteiger partial charge in [-0.3, -0.25) is 14.3 Å². The summed E-state index contributed by atoms with van der Waals surface area (Å²) in [6.45, 7) is 0. The highest BCUT2D eigenvalue weighted by Crippen LogP contribution is 2.34. The fourth-order valence-electron chi connectivity index (χ4n) is 3.74. The first-order valence-corrected chi connectivity index (χ1v) is 11.6. The summed E-state index contributed by atoms with van der Waals surface area (Å²) >= 11 is 3.36. The zero-order valence-electron chi connectivity index (χ0n) is 16.2. The molecule has 1 fully saturated rings. The first kappa shape index (κ1) is 21.7. The first-order valence-electron chi connectivity index (χ1n) is 9.31. The van der Waals surface area contributed by atoms with Gasteiger partial charge in [-0.25, -0.2) is 13.1 Å². The molecular weight excluding hydrogens is 460 g/mol. The Balaban J connectivity index is 1.84. The molecule has 2 aromatic rings. The smallest absolute Gasteiger partial charge is 0.259 e. The molecule has 10 heteroatoms. The third kappa shape index (κ3) is 4.59. The molecule has 3 rings (SSSR count). The van der Waals surface area contributed by atoms with E-state index in [2.05, 4.69) is 31.1 Å². The molecule has 2 N–H and O–H groups in total. The number of halogens is 1. The zero-order chi connectivity index (χ0) is 21.2. The predicted octanol–water partition coefficient (Wildman–Crippen LogP) is 2.72. The van der Waals surface area contributed by atoms with Crippen LogP contribution >= 0.6 is 15.9 Å². The molecule has 1 heterocycles. The van der Waals surface area contributed by atoms with Crippen molar-refractivity contribution < 1.29 is 18.0 Å². The Hall–Kier alpha value is -2.04. The molecule has 29 heavy (non-hydrogen) atoms. The summed E-state index contributed by atoms with van der Waals surface area (Å²) in [6, 6.07) is 7.09. The number of ketones is 1. The topological polar surface area (TPSA) is 110 Å². The number of rotatable bonds is 6. The number of carbonyl (C=O) groups is 2. The molecule has 0 spiro atoms. The molecule has 1 aromatic carbocycles. The summed E-state index contributed by atoms with van der Waals surface area (Å²) in [7, 11) is -1.03. The van der Waals surface area contributed by atoms with Crippen molar-refractivity contribution in [2.24, 2.45) is 18.9 Å². The molecule has 0 saturated heterocycles. The lowest BCUT2D eigenvalue weighted by molar-refractivity contribution is -0.122. The maximum atomic E-state index is 13.0. The zero-order valence-corrected chi connectivity index (χ0v) is 18.6. The number of anilines is 1. The lowest BCUT2D eigenvalue weighted by Gasteiger charge is -2.29. The van der Waals surface area contributed by atoms with E-state index in [1.165, 1.54) is 25.0 Å². The number of amides is 1. The average molecular weight is 483 g/mol.